The van der Waals surface area contributed by atoms with Crippen molar-refractivity contribution in [3.8, 4) is 5.75 Å². The largest absolute Gasteiger partial charge is 0.483 e. The maximum Gasteiger partial charge on any atom is 0.258 e. The molecular weight excluding hydrogens is 268 g/mol. The molecule has 21 heavy (non-hydrogen) atoms. The number of aryl methyl sites for hydroxylation is 2. The summed E-state index contributed by atoms with van der Waals surface area (Å²) in [6.07, 6.45) is 2.57. The van der Waals surface area contributed by atoms with Gasteiger partial charge >= 0.3 is 0 Å². The normalized spacial score (nSPS) is 18.6. The second-order valence-corrected chi connectivity index (χ2v) is 5.46. The molecule has 2 rings (SSSR count). The van der Waals surface area contributed by atoms with Gasteiger partial charge in [-0.3, -0.25) is 9.59 Å². The summed E-state index contributed by atoms with van der Waals surface area (Å²) in [5.41, 5.74) is 2.07. The highest BCUT2D eigenvalue weighted by Gasteiger charge is 2.22. The summed E-state index contributed by atoms with van der Waals surface area (Å²) in [7, 11) is 0. The molecule has 0 unspecified atom stereocenters. The van der Waals surface area contributed by atoms with Crippen LogP contribution in [0.4, 0.5) is 0 Å². The molecule has 1 fully saturated rings. The van der Waals surface area contributed by atoms with E-state index in [-0.39, 0.29) is 18.4 Å². The minimum atomic E-state index is -0.442. The fourth-order valence-corrected chi connectivity index (χ4v) is 2.32. The average Bonchev–Trinajstić information content (AvgIpc) is 2.65. The van der Waals surface area contributed by atoms with Gasteiger partial charge in [0.1, 0.15) is 11.8 Å². The van der Waals surface area contributed by atoms with E-state index < -0.39 is 6.04 Å². The maximum atomic E-state index is 11.9. The van der Waals surface area contributed by atoms with E-state index in [9.17, 15) is 9.59 Å². The summed E-state index contributed by atoms with van der Waals surface area (Å²) < 4.78 is 5.54. The molecule has 0 radical (unpaired) electrons. The average molecular weight is 290 g/mol. The highest BCUT2D eigenvalue weighted by atomic mass is 16.5. The first-order valence-electron chi connectivity index (χ1n) is 7.33. The molecule has 2 N–H and O–H groups in total. The molecule has 5 heteroatoms. The van der Waals surface area contributed by atoms with E-state index in [1.165, 1.54) is 0 Å². The minimum absolute atomic E-state index is 0.0753. The molecule has 1 saturated heterocycles. The van der Waals surface area contributed by atoms with Crippen molar-refractivity contribution in [3.05, 3.63) is 29.3 Å². The number of benzene rings is 1. The number of hydrogen-bond donors (Lipinski definition) is 2. The smallest absolute Gasteiger partial charge is 0.258 e. The third-order valence-electron chi connectivity index (χ3n) is 3.57. The van der Waals surface area contributed by atoms with Gasteiger partial charge in [0.05, 0.1) is 0 Å². The Morgan fingerprint density at radius 2 is 2.19 bits per heavy atom. The van der Waals surface area contributed by atoms with E-state index >= 15 is 0 Å². The van der Waals surface area contributed by atoms with E-state index in [0.29, 0.717) is 18.7 Å². The predicted octanol–water partition coefficient (Wildman–Crippen LogP) is 1.47. The van der Waals surface area contributed by atoms with Gasteiger partial charge in [0, 0.05) is 6.54 Å². The summed E-state index contributed by atoms with van der Waals surface area (Å²) in [5, 5.41) is 5.53. The van der Waals surface area contributed by atoms with E-state index in [1.807, 2.05) is 32.0 Å². The topological polar surface area (TPSA) is 67.4 Å². The lowest BCUT2D eigenvalue weighted by atomic mass is 10.1. The molecule has 2 amide bonds. The van der Waals surface area contributed by atoms with Crippen LogP contribution in [0.1, 0.15) is 30.4 Å². The van der Waals surface area contributed by atoms with Gasteiger partial charge in [0.25, 0.3) is 5.91 Å². The first-order valence-corrected chi connectivity index (χ1v) is 7.33. The zero-order chi connectivity index (χ0) is 15.2. The van der Waals surface area contributed by atoms with Crippen LogP contribution in [-0.2, 0) is 9.59 Å². The van der Waals surface area contributed by atoms with Gasteiger partial charge in [-0.15, -0.1) is 0 Å². The van der Waals surface area contributed by atoms with Gasteiger partial charge in [0.2, 0.25) is 5.91 Å². The Bertz CT molecular complexity index is 528. The monoisotopic (exact) mass is 290 g/mol. The van der Waals surface area contributed by atoms with Crippen molar-refractivity contribution in [2.75, 3.05) is 13.2 Å². The number of ether oxygens (including phenoxy) is 1. The maximum absolute atomic E-state index is 11.9. The fourth-order valence-electron chi connectivity index (χ4n) is 2.32. The van der Waals surface area contributed by atoms with Crippen LogP contribution in [0.2, 0.25) is 0 Å². The Morgan fingerprint density at radius 3 is 3.00 bits per heavy atom. The zero-order valence-corrected chi connectivity index (χ0v) is 12.6. The molecule has 0 bridgehead atoms. The van der Waals surface area contributed by atoms with E-state index in [2.05, 4.69) is 10.6 Å². The number of carbonyl (C=O) groups excluding carboxylic acids is 2. The lowest BCUT2D eigenvalue weighted by Crippen LogP contribution is -2.46. The van der Waals surface area contributed by atoms with Crippen LogP contribution in [0.5, 0.6) is 5.75 Å². The third-order valence-corrected chi connectivity index (χ3v) is 3.57. The van der Waals surface area contributed by atoms with Crippen LogP contribution in [0, 0.1) is 13.8 Å². The minimum Gasteiger partial charge on any atom is -0.483 e. The van der Waals surface area contributed by atoms with Gasteiger partial charge in [0.15, 0.2) is 6.61 Å². The van der Waals surface area contributed by atoms with Crippen LogP contribution in [-0.4, -0.2) is 31.0 Å². The van der Waals surface area contributed by atoms with Crippen LogP contribution >= 0.6 is 0 Å². The number of hydrogen-bond acceptors (Lipinski definition) is 3. The Hall–Kier alpha value is -2.04. The van der Waals surface area contributed by atoms with Crippen LogP contribution in [0.25, 0.3) is 0 Å². The first-order chi connectivity index (χ1) is 10.1. The Kier molecular flexibility index (Phi) is 5.20. The van der Waals surface area contributed by atoms with Gasteiger partial charge in [-0.2, -0.15) is 0 Å². The molecule has 0 aromatic heterocycles. The van der Waals surface area contributed by atoms with Crippen LogP contribution in [0.3, 0.4) is 0 Å². The first kappa shape index (κ1) is 15.4. The second-order valence-electron chi connectivity index (χ2n) is 5.46. The summed E-state index contributed by atoms with van der Waals surface area (Å²) >= 11 is 0. The van der Waals surface area contributed by atoms with Crippen molar-refractivity contribution >= 4 is 11.8 Å². The molecule has 0 spiro atoms. The molecule has 1 aromatic carbocycles. The highest BCUT2D eigenvalue weighted by molar-refractivity contribution is 5.88. The van der Waals surface area contributed by atoms with E-state index in [4.69, 9.17) is 4.74 Å². The number of carbonyl (C=O) groups is 2. The molecule has 1 aromatic rings. The van der Waals surface area contributed by atoms with Crippen molar-refractivity contribution in [2.45, 2.75) is 39.2 Å². The van der Waals surface area contributed by atoms with Crippen molar-refractivity contribution in [2.24, 2.45) is 0 Å². The molecule has 1 heterocycles. The molecule has 114 valence electrons. The standard InChI is InChI=1S/C16H22N2O3/c1-11-6-7-12(2)14(9-11)21-10-15(19)18-13-5-3-4-8-17-16(13)20/h6-7,9,13H,3-5,8,10H2,1-2H3,(H,17,20)(H,18,19)/t13-/m0/s1. The lowest BCUT2D eigenvalue weighted by molar-refractivity contribution is -0.129. The number of nitrogens with one attached hydrogen (secondary N) is 2. The summed E-state index contributed by atoms with van der Waals surface area (Å²) in [6.45, 7) is 4.52. The highest BCUT2D eigenvalue weighted by Crippen LogP contribution is 2.18. The third kappa shape index (κ3) is 4.48. The van der Waals surface area contributed by atoms with Gasteiger partial charge < -0.3 is 15.4 Å². The molecular formula is C16H22N2O3. The van der Waals surface area contributed by atoms with Crippen molar-refractivity contribution in [1.29, 1.82) is 0 Å². The number of rotatable bonds is 4. The summed E-state index contributed by atoms with van der Waals surface area (Å²) in [5.74, 6) is 0.334. The Morgan fingerprint density at radius 1 is 1.38 bits per heavy atom. The van der Waals surface area contributed by atoms with Crippen LogP contribution in [0.15, 0.2) is 18.2 Å². The zero-order valence-electron chi connectivity index (χ0n) is 12.6. The molecule has 1 aliphatic heterocycles. The summed E-state index contributed by atoms with van der Waals surface area (Å²) in [4.78, 5) is 23.7. The van der Waals surface area contributed by atoms with E-state index in [1.54, 1.807) is 0 Å². The number of amides is 2. The predicted molar refractivity (Wildman–Crippen MR) is 80.2 cm³/mol. The Labute approximate surface area is 125 Å². The molecule has 0 aliphatic carbocycles. The summed E-state index contributed by atoms with van der Waals surface area (Å²) in [6, 6.07) is 5.42. The SMILES string of the molecule is Cc1ccc(C)c(OCC(=O)N[C@H]2CCCCNC2=O)c1. The lowest BCUT2D eigenvalue weighted by Gasteiger charge is -2.16. The van der Waals surface area contributed by atoms with Gasteiger partial charge in [-0.1, -0.05) is 12.1 Å². The molecule has 5 nitrogen and oxygen atoms in total. The quantitative estimate of drug-likeness (QED) is 0.882. The Balaban J connectivity index is 1.86. The molecule has 1 aliphatic rings. The van der Waals surface area contributed by atoms with Gasteiger partial charge in [-0.25, -0.2) is 0 Å². The second kappa shape index (κ2) is 7.11. The van der Waals surface area contributed by atoms with Crippen molar-refractivity contribution in [3.63, 3.8) is 0 Å². The molecule has 1 atom stereocenters. The fraction of sp³-hybridized carbons (Fsp3) is 0.500. The van der Waals surface area contributed by atoms with Crippen LogP contribution < -0.4 is 15.4 Å². The van der Waals surface area contributed by atoms with E-state index in [0.717, 1.165) is 24.0 Å². The van der Waals surface area contributed by atoms with Crippen molar-refractivity contribution < 1.29 is 14.3 Å². The van der Waals surface area contributed by atoms with Gasteiger partial charge in [-0.05, 0) is 50.3 Å². The molecule has 0 saturated carbocycles. The van der Waals surface area contributed by atoms with Crippen molar-refractivity contribution in [1.82, 2.24) is 10.6 Å².